The molecule has 0 saturated heterocycles. The van der Waals surface area contributed by atoms with Crippen molar-refractivity contribution in [2.24, 2.45) is 0 Å². The van der Waals surface area contributed by atoms with E-state index in [1.54, 1.807) is 33.3 Å². The molecule has 5 nitrogen and oxygen atoms in total. The second kappa shape index (κ2) is 6.49. The van der Waals surface area contributed by atoms with E-state index in [4.69, 9.17) is 19.9 Å². The lowest BCUT2D eigenvalue weighted by Gasteiger charge is -2.08. The lowest BCUT2D eigenvalue weighted by atomic mass is 10.1. The average molecular weight is 307 g/mol. The number of methoxy groups -OCH3 is 2. The first-order chi connectivity index (χ1) is 10.1. The van der Waals surface area contributed by atoms with Gasteiger partial charge in [0.15, 0.2) is 0 Å². The minimum Gasteiger partial charge on any atom is -0.497 e. The monoisotopic (exact) mass is 307 g/mol. The number of ether oxygens (including phenoxy) is 3. The number of carbonyl (C=O) groups is 1. The number of esters is 1. The highest BCUT2D eigenvalue weighted by Gasteiger charge is 2.18. The summed E-state index contributed by atoms with van der Waals surface area (Å²) in [7, 11) is 3.18. The number of nitrogens with two attached hydrogens (primary N) is 1. The molecule has 2 N–H and O–H groups in total. The van der Waals surface area contributed by atoms with Gasteiger partial charge in [-0.05, 0) is 25.1 Å². The number of hydrogen-bond acceptors (Lipinski definition) is 6. The Balaban J connectivity index is 2.43. The van der Waals surface area contributed by atoms with Crippen LogP contribution in [-0.2, 0) is 4.74 Å². The van der Waals surface area contributed by atoms with Crippen molar-refractivity contribution in [3.63, 3.8) is 0 Å². The van der Waals surface area contributed by atoms with Crippen LogP contribution in [0.25, 0.3) is 10.4 Å². The number of rotatable bonds is 5. The van der Waals surface area contributed by atoms with Gasteiger partial charge in [0.25, 0.3) is 0 Å². The number of nitrogen functional groups attached to an aromatic ring is 1. The quantitative estimate of drug-likeness (QED) is 0.859. The highest BCUT2D eigenvalue weighted by Crippen LogP contribution is 2.39. The molecule has 21 heavy (non-hydrogen) atoms. The molecule has 0 atom stereocenters. The zero-order valence-electron chi connectivity index (χ0n) is 12.1. The second-order valence-electron chi connectivity index (χ2n) is 4.18. The van der Waals surface area contributed by atoms with E-state index < -0.39 is 5.97 Å². The van der Waals surface area contributed by atoms with Gasteiger partial charge in [-0.25, -0.2) is 4.79 Å². The molecule has 0 radical (unpaired) electrons. The molecule has 2 rings (SSSR count). The molecule has 1 heterocycles. The van der Waals surface area contributed by atoms with E-state index in [0.29, 0.717) is 28.7 Å². The van der Waals surface area contributed by atoms with E-state index in [9.17, 15) is 4.79 Å². The normalized spacial score (nSPS) is 10.2. The summed E-state index contributed by atoms with van der Waals surface area (Å²) in [6, 6.07) is 7.24. The van der Waals surface area contributed by atoms with Crippen LogP contribution in [0.3, 0.4) is 0 Å². The summed E-state index contributed by atoms with van der Waals surface area (Å²) in [5.41, 5.74) is 7.16. The average Bonchev–Trinajstić information content (AvgIpc) is 2.88. The Bertz CT molecular complexity index is 651. The van der Waals surface area contributed by atoms with E-state index in [0.717, 1.165) is 10.4 Å². The molecule has 0 amide bonds. The molecule has 1 aromatic heterocycles. The van der Waals surface area contributed by atoms with Gasteiger partial charge in [-0.1, -0.05) is 0 Å². The van der Waals surface area contributed by atoms with E-state index in [1.807, 2.05) is 12.1 Å². The number of hydrogen-bond donors (Lipinski definition) is 1. The Morgan fingerprint density at radius 2 is 2.00 bits per heavy atom. The Morgan fingerprint density at radius 3 is 2.62 bits per heavy atom. The fourth-order valence-corrected chi connectivity index (χ4v) is 2.90. The van der Waals surface area contributed by atoms with Crippen LogP contribution in [0.4, 0.5) is 5.69 Å². The predicted octanol–water partition coefficient (Wildman–Crippen LogP) is 3.19. The third kappa shape index (κ3) is 3.11. The number of anilines is 1. The van der Waals surface area contributed by atoms with Gasteiger partial charge in [-0.15, -0.1) is 11.3 Å². The third-order valence-corrected chi connectivity index (χ3v) is 4.06. The first-order valence-electron chi connectivity index (χ1n) is 6.39. The summed E-state index contributed by atoms with van der Waals surface area (Å²) in [4.78, 5) is 13.1. The van der Waals surface area contributed by atoms with Crippen molar-refractivity contribution in [2.75, 3.05) is 26.6 Å². The molecular weight excluding hydrogens is 290 g/mol. The van der Waals surface area contributed by atoms with Crippen LogP contribution in [0.2, 0.25) is 0 Å². The Morgan fingerprint density at radius 1 is 1.24 bits per heavy atom. The third-order valence-electron chi connectivity index (χ3n) is 2.90. The maximum Gasteiger partial charge on any atom is 0.350 e. The van der Waals surface area contributed by atoms with Crippen molar-refractivity contribution in [3.05, 3.63) is 29.1 Å². The van der Waals surface area contributed by atoms with Crippen molar-refractivity contribution < 1.29 is 19.0 Å². The SMILES string of the molecule is CCOC(=O)c1sc(-c2ccc(OC)cc2OC)cc1N. The molecule has 1 aromatic carbocycles. The minimum atomic E-state index is -0.404. The first kappa shape index (κ1) is 15.2. The Kier molecular flexibility index (Phi) is 4.70. The summed E-state index contributed by atoms with van der Waals surface area (Å²) in [5, 5.41) is 0. The van der Waals surface area contributed by atoms with Crippen LogP contribution in [-0.4, -0.2) is 26.8 Å². The molecule has 112 valence electrons. The molecule has 0 unspecified atom stereocenters. The summed E-state index contributed by atoms with van der Waals surface area (Å²) in [6.07, 6.45) is 0. The zero-order chi connectivity index (χ0) is 15.4. The van der Waals surface area contributed by atoms with E-state index in [2.05, 4.69) is 0 Å². The van der Waals surface area contributed by atoms with Crippen LogP contribution >= 0.6 is 11.3 Å². The summed E-state index contributed by atoms with van der Waals surface area (Å²) < 4.78 is 15.5. The van der Waals surface area contributed by atoms with Gasteiger partial charge in [-0.2, -0.15) is 0 Å². The Hall–Kier alpha value is -2.21. The maximum absolute atomic E-state index is 11.8. The van der Waals surface area contributed by atoms with Crippen molar-refractivity contribution in [3.8, 4) is 21.9 Å². The summed E-state index contributed by atoms with van der Waals surface area (Å²) in [6.45, 7) is 2.08. The molecule has 6 heteroatoms. The van der Waals surface area contributed by atoms with Crippen LogP contribution < -0.4 is 15.2 Å². The van der Waals surface area contributed by atoms with Crippen LogP contribution in [0.5, 0.6) is 11.5 Å². The Labute approximate surface area is 127 Å². The number of carbonyl (C=O) groups excluding carboxylic acids is 1. The molecule has 2 aromatic rings. The zero-order valence-corrected chi connectivity index (χ0v) is 13.0. The first-order valence-corrected chi connectivity index (χ1v) is 7.21. The van der Waals surface area contributed by atoms with Gasteiger partial charge in [0, 0.05) is 16.5 Å². The van der Waals surface area contributed by atoms with E-state index in [-0.39, 0.29) is 0 Å². The highest BCUT2D eigenvalue weighted by atomic mass is 32.1. The van der Waals surface area contributed by atoms with Crippen molar-refractivity contribution in [1.29, 1.82) is 0 Å². The topological polar surface area (TPSA) is 70.8 Å². The molecule has 0 aliphatic carbocycles. The minimum absolute atomic E-state index is 0.317. The summed E-state index contributed by atoms with van der Waals surface area (Å²) >= 11 is 1.28. The number of thiophene rings is 1. The standard InChI is InChI=1S/C15H17NO4S/c1-4-20-15(17)14-11(16)8-13(21-14)10-6-5-9(18-2)7-12(10)19-3/h5-8H,4,16H2,1-3H3. The van der Waals surface area contributed by atoms with Gasteiger partial charge < -0.3 is 19.9 Å². The highest BCUT2D eigenvalue weighted by molar-refractivity contribution is 7.18. The summed E-state index contributed by atoms with van der Waals surface area (Å²) in [5.74, 6) is 0.954. The maximum atomic E-state index is 11.8. The van der Waals surface area contributed by atoms with Crippen LogP contribution in [0, 0.1) is 0 Å². The molecule has 0 fully saturated rings. The molecule has 0 aliphatic rings. The lowest BCUT2D eigenvalue weighted by molar-refractivity contribution is 0.0533. The van der Waals surface area contributed by atoms with E-state index >= 15 is 0 Å². The molecule has 0 aliphatic heterocycles. The fraction of sp³-hybridized carbons (Fsp3) is 0.267. The van der Waals surface area contributed by atoms with Crippen molar-refractivity contribution >= 4 is 23.0 Å². The molecule has 0 bridgehead atoms. The lowest BCUT2D eigenvalue weighted by Crippen LogP contribution is -2.04. The van der Waals surface area contributed by atoms with Gasteiger partial charge >= 0.3 is 5.97 Å². The van der Waals surface area contributed by atoms with Gasteiger partial charge in [-0.3, -0.25) is 0 Å². The fourth-order valence-electron chi connectivity index (χ4n) is 1.90. The smallest absolute Gasteiger partial charge is 0.350 e. The van der Waals surface area contributed by atoms with Crippen molar-refractivity contribution in [1.82, 2.24) is 0 Å². The van der Waals surface area contributed by atoms with Gasteiger partial charge in [0.1, 0.15) is 16.4 Å². The predicted molar refractivity (Wildman–Crippen MR) is 83.2 cm³/mol. The molecular formula is C15H17NO4S. The van der Waals surface area contributed by atoms with Crippen molar-refractivity contribution in [2.45, 2.75) is 6.92 Å². The molecule has 0 spiro atoms. The van der Waals surface area contributed by atoms with Crippen LogP contribution in [0.1, 0.15) is 16.6 Å². The van der Waals surface area contributed by atoms with E-state index in [1.165, 1.54) is 11.3 Å². The van der Waals surface area contributed by atoms with Gasteiger partial charge in [0.2, 0.25) is 0 Å². The largest absolute Gasteiger partial charge is 0.497 e. The van der Waals surface area contributed by atoms with Crippen LogP contribution in [0.15, 0.2) is 24.3 Å². The molecule has 0 saturated carbocycles. The second-order valence-corrected chi connectivity index (χ2v) is 5.23. The number of benzene rings is 1. The van der Waals surface area contributed by atoms with Gasteiger partial charge in [0.05, 0.1) is 26.5 Å².